The molecule has 1 aliphatic rings. The highest BCUT2D eigenvalue weighted by Crippen LogP contribution is 2.29. The number of carbonyl (C=O) groups excluding carboxylic acids is 1. The van der Waals surface area contributed by atoms with Crippen LogP contribution in [0.15, 0.2) is 12.4 Å². The first-order valence-corrected chi connectivity index (χ1v) is 6.60. The molecule has 2 N–H and O–H groups in total. The van der Waals surface area contributed by atoms with E-state index < -0.39 is 5.54 Å². The van der Waals surface area contributed by atoms with E-state index in [1.807, 2.05) is 19.4 Å². The van der Waals surface area contributed by atoms with Gasteiger partial charge in [-0.3, -0.25) is 14.4 Å². The minimum atomic E-state index is -0.628. The van der Waals surface area contributed by atoms with Gasteiger partial charge in [0.2, 0.25) is 5.91 Å². The third-order valence-electron chi connectivity index (χ3n) is 3.89. The zero-order valence-electron chi connectivity index (χ0n) is 11.6. The van der Waals surface area contributed by atoms with Crippen LogP contribution in [0, 0.1) is 0 Å². The molecule has 1 unspecified atom stereocenters. The van der Waals surface area contributed by atoms with Crippen molar-refractivity contribution in [1.29, 1.82) is 0 Å². The number of aryl methyl sites for hydroxylation is 1. The number of nitrogens with two attached hydrogens (primary N) is 1. The highest BCUT2D eigenvalue weighted by Gasteiger charge is 2.45. The molecule has 1 fully saturated rings. The van der Waals surface area contributed by atoms with Gasteiger partial charge in [0.05, 0.1) is 12.8 Å². The number of methoxy groups -OCH3 is 1. The molecule has 0 spiro atoms. The van der Waals surface area contributed by atoms with Crippen molar-refractivity contribution in [2.24, 2.45) is 12.8 Å². The van der Waals surface area contributed by atoms with Crippen molar-refractivity contribution in [2.75, 3.05) is 26.8 Å². The lowest BCUT2D eigenvalue weighted by atomic mass is 9.96. The summed E-state index contributed by atoms with van der Waals surface area (Å²) in [4.78, 5) is 14.0. The van der Waals surface area contributed by atoms with Crippen molar-refractivity contribution < 1.29 is 9.53 Å². The van der Waals surface area contributed by atoms with Crippen LogP contribution in [-0.4, -0.2) is 52.9 Å². The Morgan fingerprint density at radius 2 is 2.42 bits per heavy atom. The van der Waals surface area contributed by atoms with Crippen molar-refractivity contribution in [3.8, 4) is 0 Å². The molecule has 2 heterocycles. The molecule has 1 aromatic rings. The van der Waals surface area contributed by atoms with Crippen molar-refractivity contribution >= 4 is 5.91 Å². The quantitative estimate of drug-likeness (QED) is 0.782. The van der Waals surface area contributed by atoms with Gasteiger partial charge >= 0.3 is 0 Å². The van der Waals surface area contributed by atoms with Gasteiger partial charge < -0.3 is 10.5 Å². The molecule has 1 atom stereocenters. The number of rotatable bonds is 6. The smallest absolute Gasteiger partial charge is 0.240 e. The molecule has 0 aromatic carbocycles. The lowest BCUT2D eigenvalue weighted by molar-refractivity contribution is -0.131. The van der Waals surface area contributed by atoms with Gasteiger partial charge in [-0.1, -0.05) is 0 Å². The molecule has 6 heteroatoms. The molecule has 1 aromatic heterocycles. The van der Waals surface area contributed by atoms with E-state index in [4.69, 9.17) is 10.5 Å². The van der Waals surface area contributed by atoms with Crippen LogP contribution >= 0.6 is 0 Å². The van der Waals surface area contributed by atoms with E-state index in [1.54, 1.807) is 11.8 Å². The molecular weight excluding hydrogens is 244 g/mol. The minimum absolute atomic E-state index is 0.280. The van der Waals surface area contributed by atoms with Crippen LogP contribution in [0.1, 0.15) is 18.4 Å². The van der Waals surface area contributed by atoms with E-state index in [2.05, 4.69) is 10.00 Å². The second-order valence-corrected chi connectivity index (χ2v) is 5.19. The van der Waals surface area contributed by atoms with E-state index in [9.17, 15) is 4.79 Å². The number of nitrogens with zero attached hydrogens (tertiary/aromatic N) is 3. The molecule has 6 nitrogen and oxygen atoms in total. The maximum Gasteiger partial charge on any atom is 0.240 e. The molecule has 2 rings (SSSR count). The van der Waals surface area contributed by atoms with E-state index >= 15 is 0 Å². The first-order chi connectivity index (χ1) is 9.08. The number of carbonyl (C=O) groups is 1. The van der Waals surface area contributed by atoms with Gasteiger partial charge in [0.15, 0.2) is 0 Å². The third kappa shape index (κ3) is 2.79. The van der Waals surface area contributed by atoms with Gasteiger partial charge in [-0.25, -0.2) is 0 Å². The van der Waals surface area contributed by atoms with Crippen LogP contribution in [0.3, 0.4) is 0 Å². The second-order valence-electron chi connectivity index (χ2n) is 5.19. The number of primary amides is 1. The number of hydrogen-bond donors (Lipinski definition) is 1. The zero-order chi connectivity index (χ0) is 13.9. The Kier molecular flexibility index (Phi) is 4.21. The molecule has 0 aliphatic carbocycles. The molecule has 0 bridgehead atoms. The minimum Gasteiger partial charge on any atom is -0.382 e. The summed E-state index contributed by atoms with van der Waals surface area (Å²) in [5.74, 6) is -0.280. The summed E-state index contributed by atoms with van der Waals surface area (Å²) in [6.45, 7) is 2.07. The summed E-state index contributed by atoms with van der Waals surface area (Å²) < 4.78 is 7.01. The lowest BCUT2D eigenvalue weighted by Gasteiger charge is -2.35. The Morgan fingerprint density at radius 1 is 1.63 bits per heavy atom. The highest BCUT2D eigenvalue weighted by molar-refractivity contribution is 5.85. The number of aromatic nitrogens is 2. The fourth-order valence-corrected chi connectivity index (χ4v) is 2.88. The van der Waals surface area contributed by atoms with Gasteiger partial charge in [-0.15, -0.1) is 0 Å². The molecule has 19 heavy (non-hydrogen) atoms. The van der Waals surface area contributed by atoms with Crippen LogP contribution in [0.5, 0.6) is 0 Å². The average Bonchev–Trinajstić information content (AvgIpc) is 2.94. The fraction of sp³-hybridized carbons (Fsp3) is 0.692. The van der Waals surface area contributed by atoms with Crippen LogP contribution in [0.4, 0.5) is 0 Å². The standard InChI is InChI=1S/C13H22N4O2/c1-16-9-11(8-15-16)4-7-17-6-3-5-13(17,10-19-2)12(14)18/h8-9H,3-7,10H2,1-2H3,(H2,14,18). The largest absolute Gasteiger partial charge is 0.382 e. The fourth-order valence-electron chi connectivity index (χ4n) is 2.88. The van der Waals surface area contributed by atoms with Crippen molar-refractivity contribution in [3.63, 3.8) is 0 Å². The summed E-state index contributed by atoms with van der Waals surface area (Å²) in [6.07, 6.45) is 6.49. The van der Waals surface area contributed by atoms with Crippen LogP contribution in [0.25, 0.3) is 0 Å². The van der Waals surface area contributed by atoms with E-state index in [1.165, 1.54) is 5.56 Å². The molecule has 1 amide bonds. The molecule has 1 saturated heterocycles. The SMILES string of the molecule is COCC1(C(N)=O)CCCN1CCc1cnn(C)c1. The van der Waals surface area contributed by atoms with Crippen molar-refractivity contribution in [3.05, 3.63) is 18.0 Å². The summed E-state index contributed by atoms with van der Waals surface area (Å²) in [5, 5.41) is 4.15. The van der Waals surface area contributed by atoms with E-state index in [0.29, 0.717) is 6.61 Å². The van der Waals surface area contributed by atoms with E-state index in [-0.39, 0.29) is 5.91 Å². The van der Waals surface area contributed by atoms with Crippen LogP contribution < -0.4 is 5.73 Å². The first-order valence-electron chi connectivity index (χ1n) is 6.60. The number of amides is 1. The monoisotopic (exact) mass is 266 g/mol. The Hall–Kier alpha value is -1.40. The molecular formula is C13H22N4O2. The van der Waals surface area contributed by atoms with Gasteiger partial charge in [0.25, 0.3) is 0 Å². The Morgan fingerprint density at radius 3 is 3.00 bits per heavy atom. The Bertz CT molecular complexity index is 446. The normalized spacial score (nSPS) is 23.9. The van der Waals surface area contributed by atoms with Gasteiger partial charge in [0, 0.05) is 26.9 Å². The molecule has 106 valence electrons. The average molecular weight is 266 g/mol. The third-order valence-corrected chi connectivity index (χ3v) is 3.89. The highest BCUT2D eigenvalue weighted by atomic mass is 16.5. The maximum atomic E-state index is 11.8. The maximum absolute atomic E-state index is 11.8. The summed E-state index contributed by atoms with van der Waals surface area (Å²) >= 11 is 0. The second kappa shape index (κ2) is 5.71. The predicted octanol–water partition coefficient (Wildman–Crippen LogP) is -0.0711. The van der Waals surface area contributed by atoms with Crippen molar-refractivity contribution in [2.45, 2.75) is 24.8 Å². The van der Waals surface area contributed by atoms with Crippen LogP contribution in [-0.2, 0) is 23.0 Å². The number of likely N-dealkylation sites (tertiary alicyclic amines) is 1. The zero-order valence-corrected chi connectivity index (χ0v) is 11.6. The molecule has 1 aliphatic heterocycles. The summed E-state index contributed by atoms with van der Waals surface area (Å²) in [7, 11) is 3.51. The number of hydrogen-bond acceptors (Lipinski definition) is 4. The Balaban J connectivity index is 2.03. The summed E-state index contributed by atoms with van der Waals surface area (Å²) in [6, 6.07) is 0. The topological polar surface area (TPSA) is 73.4 Å². The predicted molar refractivity (Wildman–Crippen MR) is 71.5 cm³/mol. The molecule has 0 radical (unpaired) electrons. The van der Waals surface area contributed by atoms with Gasteiger partial charge in [-0.05, 0) is 31.4 Å². The van der Waals surface area contributed by atoms with Gasteiger partial charge in [0.1, 0.15) is 5.54 Å². The Labute approximate surface area is 113 Å². The van der Waals surface area contributed by atoms with E-state index in [0.717, 1.165) is 32.4 Å². The summed E-state index contributed by atoms with van der Waals surface area (Å²) in [5.41, 5.74) is 6.15. The first kappa shape index (κ1) is 14.0. The van der Waals surface area contributed by atoms with Gasteiger partial charge in [-0.2, -0.15) is 5.10 Å². The lowest BCUT2D eigenvalue weighted by Crippen LogP contribution is -2.57. The van der Waals surface area contributed by atoms with Crippen LogP contribution in [0.2, 0.25) is 0 Å². The molecule has 0 saturated carbocycles. The number of ether oxygens (including phenoxy) is 1. The van der Waals surface area contributed by atoms with Crippen molar-refractivity contribution in [1.82, 2.24) is 14.7 Å².